The molecule has 0 aliphatic heterocycles. The van der Waals surface area contributed by atoms with Crippen molar-refractivity contribution in [1.29, 1.82) is 0 Å². The first-order valence-electron chi connectivity index (χ1n) is 6.54. The maximum atomic E-state index is 4.98. The summed E-state index contributed by atoms with van der Waals surface area (Å²) in [5.41, 5.74) is 1.07. The lowest BCUT2D eigenvalue weighted by Gasteiger charge is -2.03. The van der Waals surface area contributed by atoms with Gasteiger partial charge < -0.3 is 19.2 Å². The quantitative estimate of drug-likeness (QED) is 0.683. The Bertz CT molecular complexity index is 451. The molecular weight excluding hydrogens is 242 g/mol. The third-order valence-corrected chi connectivity index (χ3v) is 2.87. The van der Waals surface area contributed by atoms with Gasteiger partial charge in [-0.15, -0.1) is 0 Å². The summed E-state index contributed by atoms with van der Waals surface area (Å²) in [7, 11) is 1.71. The van der Waals surface area contributed by atoms with E-state index in [1.54, 1.807) is 13.3 Å². The number of methoxy groups -OCH3 is 1. The second-order valence-electron chi connectivity index (χ2n) is 4.43. The minimum absolute atomic E-state index is 0.728. The molecule has 2 heterocycles. The zero-order chi connectivity index (χ0) is 13.3. The van der Waals surface area contributed by atoms with E-state index in [1.165, 1.54) is 0 Å². The van der Waals surface area contributed by atoms with Gasteiger partial charge in [0.1, 0.15) is 0 Å². The van der Waals surface area contributed by atoms with Crippen molar-refractivity contribution in [2.45, 2.75) is 26.1 Å². The lowest BCUT2D eigenvalue weighted by Crippen LogP contribution is -2.18. The van der Waals surface area contributed by atoms with Crippen molar-refractivity contribution in [2.24, 2.45) is 0 Å². The van der Waals surface area contributed by atoms with Crippen LogP contribution in [-0.2, 0) is 24.4 Å². The van der Waals surface area contributed by atoms with Crippen molar-refractivity contribution in [2.75, 3.05) is 20.3 Å². The molecule has 0 atom stereocenters. The largest absolute Gasteiger partial charge is 0.383 e. The van der Waals surface area contributed by atoms with Gasteiger partial charge in [0.25, 0.3) is 0 Å². The highest BCUT2D eigenvalue weighted by atomic mass is 16.5. The van der Waals surface area contributed by atoms with Gasteiger partial charge in [-0.2, -0.15) is 0 Å². The molecule has 0 aliphatic rings. The van der Waals surface area contributed by atoms with Gasteiger partial charge in [0.2, 0.25) is 0 Å². The maximum Gasteiger partial charge on any atom is 0.0949 e. The Kier molecular flexibility index (Phi) is 5.58. The van der Waals surface area contributed by atoms with Crippen LogP contribution < -0.4 is 5.32 Å². The van der Waals surface area contributed by atoms with Crippen LogP contribution in [-0.4, -0.2) is 39.4 Å². The summed E-state index contributed by atoms with van der Waals surface area (Å²) in [5.74, 6) is 0. The number of imidazole rings is 2. The van der Waals surface area contributed by atoms with Crippen LogP contribution in [0.25, 0.3) is 0 Å². The molecule has 0 bridgehead atoms. The van der Waals surface area contributed by atoms with Gasteiger partial charge in [-0.1, -0.05) is 0 Å². The monoisotopic (exact) mass is 263 g/mol. The Hall–Kier alpha value is -1.66. The second-order valence-corrected chi connectivity index (χ2v) is 4.43. The van der Waals surface area contributed by atoms with E-state index in [9.17, 15) is 0 Å². The van der Waals surface area contributed by atoms with Crippen LogP contribution in [0, 0.1) is 0 Å². The Balaban J connectivity index is 1.65. The molecule has 0 unspecified atom stereocenters. The van der Waals surface area contributed by atoms with E-state index in [0.29, 0.717) is 0 Å². The van der Waals surface area contributed by atoms with Crippen LogP contribution in [0.15, 0.2) is 31.2 Å². The summed E-state index contributed by atoms with van der Waals surface area (Å²) in [6.45, 7) is 4.33. The summed E-state index contributed by atoms with van der Waals surface area (Å²) in [4.78, 5) is 8.40. The normalized spacial score (nSPS) is 11.0. The van der Waals surface area contributed by atoms with Crippen molar-refractivity contribution in [1.82, 2.24) is 24.4 Å². The van der Waals surface area contributed by atoms with Gasteiger partial charge in [-0.25, -0.2) is 9.97 Å². The number of hydrogen-bond donors (Lipinski definition) is 1. The molecule has 0 saturated carbocycles. The third-order valence-electron chi connectivity index (χ3n) is 2.87. The number of rotatable bonds is 9. The van der Waals surface area contributed by atoms with Crippen LogP contribution in [0.2, 0.25) is 0 Å². The minimum atomic E-state index is 0.728. The predicted molar refractivity (Wildman–Crippen MR) is 72.7 cm³/mol. The molecule has 104 valence electrons. The molecule has 0 amide bonds. The van der Waals surface area contributed by atoms with Crippen LogP contribution >= 0.6 is 0 Å². The van der Waals surface area contributed by atoms with Gasteiger partial charge in [-0.05, 0) is 6.42 Å². The van der Waals surface area contributed by atoms with Crippen molar-refractivity contribution in [3.8, 4) is 0 Å². The molecule has 0 aliphatic carbocycles. The zero-order valence-corrected chi connectivity index (χ0v) is 11.3. The SMILES string of the molecule is COCCNCc1cn(CCCn2ccnc2)cn1. The van der Waals surface area contributed by atoms with Crippen LogP contribution in [0.1, 0.15) is 12.1 Å². The lowest BCUT2D eigenvalue weighted by molar-refractivity contribution is 0.199. The lowest BCUT2D eigenvalue weighted by atomic mass is 10.4. The van der Waals surface area contributed by atoms with Crippen molar-refractivity contribution < 1.29 is 4.74 Å². The predicted octanol–water partition coefficient (Wildman–Crippen LogP) is 0.906. The Morgan fingerprint density at radius 1 is 1.26 bits per heavy atom. The number of aromatic nitrogens is 4. The fourth-order valence-corrected chi connectivity index (χ4v) is 1.87. The van der Waals surface area contributed by atoms with Gasteiger partial charge in [-0.3, -0.25) is 0 Å². The molecule has 0 saturated heterocycles. The highest BCUT2D eigenvalue weighted by Gasteiger charge is 1.98. The molecule has 0 spiro atoms. The summed E-state index contributed by atoms with van der Waals surface area (Å²) in [5, 5.41) is 3.28. The first-order chi connectivity index (χ1) is 9.38. The van der Waals surface area contributed by atoms with E-state index < -0.39 is 0 Å². The highest BCUT2D eigenvalue weighted by molar-refractivity contribution is 4.96. The molecule has 2 aromatic rings. The number of ether oxygens (including phenoxy) is 1. The summed E-state index contributed by atoms with van der Waals surface area (Å²) >= 11 is 0. The number of nitrogens with one attached hydrogen (secondary N) is 1. The highest BCUT2D eigenvalue weighted by Crippen LogP contribution is 1.99. The fraction of sp³-hybridized carbons (Fsp3) is 0.538. The topological polar surface area (TPSA) is 56.9 Å². The van der Waals surface area contributed by atoms with E-state index in [-0.39, 0.29) is 0 Å². The van der Waals surface area contributed by atoms with Crippen molar-refractivity contribution in [3.05, 3.63) is 36.9 Å². The van der Waals surface area contributed by atoms with Gasteiger partial charge >= 0.3 is 0 Å². The molecule has 6 heteroatoms. The molecule has 19 heavy (non-hydrogen) atoms. The molecule has 0 fully saturated rings. The molecular formula is C13H21N5O. The fourth-order valence-electron chi connectivity index (χ4n) is 1.87. The van der Waals surface area contributed by atoms with Crippen molar-refractivity contribution >= 4 is 0 Å². The zero-order valence-electron chi connectivity index (χ0n) is 11.3. The summed E-state index contributed by atoms with van der Waals surface area (Å²) in [6.07, 6.45) is 10.7. The molecule has 2 aromatic heterocycles. The Morgan fingerprint density at radius 2 is 2.16 bits per heavy atom. The number of aryl methyl sites for hydroxylation is 2. The standard InChI is InChI=1S/C13H21N5O/c1-19-8-4-14-9-13-10-18(12-16-13)6-2-5-17-7-3-15-11-17/h3,7,10-12,14H,2,4-6,8-9H2,1H3. The smallest absolute Gasteiger partial charge is 0.0949 e. The Labute approximate surface area is 113 Å². The first-order valence-corrected chi connectivity index (χ1v) is 6.54. The summed E-state index contributed by atoms with van der Waals surface area (Å²) in [6, 6.07) is 0. The average molecular weight is 263 g/mol. The Morgan fingerprint density at radius 3 is 2.95 bits per heavy atom. The molecule has 2 rings (SSSR count). The van der Waals surface area contributed by atoms with E-state index >= 15 is 0 Å². The number of nitrogens with zero attached hydrogens (tertiary/aromatic N) is 4. The van der Waals surface area contributed by atoms with Gasteiger partial charge in [0.15, 0.2) is 0 Å². The average Bonchev–Trinajstić information content (AvgIpc) is 3.07. The first kappa shape index (κ1) is 13.8. The maximum absolute atomic E-state index is 4.98. The van der Waals surface area contributed by atoms with E-state index in [1.807, 2.05) is 18.9 Å². The van der Waals surface area contributed by atoms with Crippen molar-refractivity contribution in [3.63, 3.8) is 0 Å². The second kappa shape index (κ2) is 7.70. The minimum Gasteiger partial charge on any atom is -0.383 e. The molecule has 1 N–H and O–H groups in total. The summed E-state index contributed by atoms with van der Waals surface area (Å²) < 4.78 is 9.19. The molecule has 0 aromatic carbocycles. The van der Waals surface area contributed by atoms with E-state index in [0.717, 1.165) is 44.9 Å². The van der Waals surface area contributed by atoms with Gasteiger partial charge in [0, 0.05) is 51.9 Å². The van der Waals surface area contributed by atoms with Crippen LogP contribution in [0.5, 0.6) is 0 Å². The van der Waals surface area contributed by atoms with Crippen LogP contribution in [0.3, 0.4) is 0 Å². The van der Waals surface area contributed by atoms with Crippen LogP contribution in [0.4, 0.5) is 0 Å². The molecule has 0 radical (unpaired) electrons. The van der Waals surface area contributed by atoms with E-state index in [2.05, 4.69) is 30.6 Å². The molecule has 6 nitrogen and oxygen atoms in total. The van der Waals surface area contributed by atoms with Gasteiger partial charge in [0.05, 0.1) is 25.0 Å². The third kappa shape index (κ3) is 4.84. The number of hydrogen-bond acceptors (Lipinski definition) is 4. The van der Waals surface area contributed by atoms with E-state index in [4.69, 9.17) is 4.74 Å².